The van der Waals surface area contributed by atoms with Crippen LogP contribution in [0.1, 0.15) is 12.5 Å². The van der Waals surface area contributed by atoms with Crippen molar-refractivity contribution in [3.8, 4) is 28.5 Å². The molecule has 0 amide bonds. The van der Waals surface area contributed by atoms with Crippen molar-refractivity contribution in [2.24, 2.45) is 0 Å². The number of anilines is 1. The summed E-state index contributed by atoms with van der Waals surface area (Å²) in [5, 5.41) is 4.80. The molecule has 3 aromatic carbocycles. The summed E-state index contributed by atoms with van der Waals surface area (Å²) in [4.78, 5) is 20.2. The maximum atomic E-state index is 13.3. The van der Waals surface area contributed by atoms with Gasteiger partial charge in [0.05, 0.1) is 22.8 Å². The molecule has 0 aromatic heterocycles. The van der Waals surface area contributed by atoms with Gasteiger partial charge in [0, 0.05) is 24.7 Å². The van der Waals surface area contributed by atoms with Crippen LogP contribution in [0.3, 0.4) is 0 Å². The molecule has 0 atom stereocenters. The van der Waals surface area contributed by atoms with Gasteiger partial charge in [0.15, 0.2) is 5.82 Å². The number of hydrogen-bond donors (Lipinski definition) is 0. The lowest BCUT2D eigenvalue weighted by Crippen LogP contribution is -2.28. The summed E-state index contributed by atoms with van der Waals surface area (Å²) in [5.74, 6) is 0.614. The lowest BCUT2D eigenvalue weighted by Gasteiger charge is -2.24. The van der Waals surface area contributed by atoms with Gasteiger partial charge < -0.3 is 4.90 Å². The lowest BCUT2D eigenvalue weighted by molar-refractivity contribution is 0.813. The van der Waals surface area contributed by atoms with E-state index in [2.05, 4.69) is 24.0 Å². The predicted molar refractivity (Wildman–Crippen MR) is 133 cm³/mol. The van der Waals surface area contributed by atoms with Crippen molar-refractivity contribution < 1.29 is 0 Å². The molecule has 0 saturated heterocycles. The Balaban J connectivity index is 1.69. The van der Waals surface area contributed by atoms with E-state index in [0.717, 1.165) is 22.5 Å². The maximum Gasteiger partial charge on any atom is 0.204 e. The lowest BCUT2D eigenvalue weighted by atomic mass is 10.1. The zero-order chi connectivity index (χ0) is 22.6. The van der Waals surface area contributed by atoms with E-state index in [1.165, 1.54) is 0 Å². The van der Waals surface area contributed by atoms with E-state index < -0.39 is 0 Å². The summed E-state index contributed by atoms with van der Waals surface area (Å²) in [6.45, 7) is 3.43. The molecule has 0 unspecified atom stereocenters. The van der Waals surface area contributed by atoms with E-state index >= 15 is 0 Å². The first-order valence-electron chi connectivity index (χ1n) is 11.1. The molecule has 3 aromatic rings. The molecule has 0 bridgehead atoms. The minimum absolute atomic E-state index is 0.0407. The molecule has 0 spiro atoms. The van der Waals surface area contributed by atoms with Crippen LogP contribution in [0.5, 0.6) is 0 Å². The van der Waals surface area contributed by atoms with Gasteiger partial charge in [-0.3, -0.25) is 4.79 Å². The summed E-state index contributed by atoms with van der Waals surface area (Å²) in [6, 6.07) is 33.5. The Morgan fingerprint density at radius 3 is 2.12 bits per heavy atom. The van der Waals surface area contributed by atoms with Crippen LogP contribution in [0.15, 0.2) is 108 Å². The van der Waals surface area contributed by atoms with Crippen molar-refractivity contribution in [3.63, 3.8) is 0 Å². The molecule has 2 aliphatic rings. The van der Waals surface area contributed by atoms with Crippen LogP contribution in [-0.4, -0.2) is 21.3 Å². The Hall–Kier alpha value is -4.25. The number of nitrogens with zero attached hydrogens (tertiary/aromatic N) is 4. The van der Waals surface area contributed by atoms with E-state index in [1.54, 1.807) is 6.07 Å². The fourth-order valence-corrected chi connectivity index (χ4v) is 3.98. The number of aromatic nitrogens is 3. The molecule has 0 radical (unpaired) electrons. The minimum Gasteiger partial charge on any atom is -0.364 e. The van der Waals surface area contributed by atoms with Gasteiger partial charge in [0.25, 0.3) is 0 Å². The van der Waals surface area contributed by atoms with Crippen molar-refractivity contribution >= 4 is 5.69 Å². The van der Waals surface area contributed by atoms with Gasteiger partial charge in [-0.1, -0.05) is 78.9 Å². The molecular formula is C28H24N4O. The van der Waals surface area contributed by atoms with Gasteiger partial charge in [-0.05, 0) is 30.7 Å². The highest BCUT2D eigenvalue weighted by atomic mass is 16.1. The second kappa shape index (κ2) is 9.09. The zero-order valence-corrected chi connectivity index (χ0v) is 18.4. The fraction of sp³-hybridized carbons (Fsp3) is 0.107. The van der Waals surface area contributed by atoms with Crippen LogP contribution in [-0.2, 0) is 6.54 Å². The molecule has 162 valence electrons. The minimum atomic E-state index is -0.0407. The Bertz CT molecular complexity index is 1380. The summed E-state index contributed by atoms with van der Waals surface area (Å²) >= 11 is 0. The average Bonchev–Trinajstić information content (AvgIpc) is 2.88. The summed E-state index contributed by atoms with van der Waals surface area (Å²) in [6.07, 6.45) is 0. The SMILES string of the molecule is CCN(Cc1ccccc1)c1cc2nc(-c3ccccc3)nn(-c3ccccc3)c-2cc1=O. The molecule has 0 fully saturated rings. The highest BCUT2D eigenvalue weighted by molar-refractivity contribution is 5.69. The molecule has 33 heavy (non-hydrogen) atoms. The van der Waals surface area contributed by atoms with Crippen LogP contribution < -0.4 is 10.3 Å². The monoisotopic (exact) mass is 432 g/mol. The first-order valence-corrected chi connectivity index (χ1v) is 11.1. The smallest absolute Gasteiger partial charge is 0.204 e. The standard InChI is InChI=1S/C28H24N4O/c1-2-31(20-21-12-6-3-7-13-21)26-18-24-25(19-27(26)33)32(23-16-10-5-11-17-23)30-28(29-24)22-14-8-4-9-15-22/h3-19H,2,20H2,1H3. The normalized spacial score (nSPS) is 10.9. The van der Waals surface area contributed by atoms with Gasteiger partial charge in [-0.25, -0.2) is 9.67 Å². The third-order valence-electron chi connectivity index (χ3n) is 5.68. The molecule has 5 rings (SSSR count). The van der Waals surface area contributed by atoms with Crippen molar-refractivity contribution in [2.75, 3.05) is 11.4 Å². The topological polar surface area (TPSA) is 51.0 Å². The second-order valence-electron chi connectivity index (χ2n) is 7.86. The molecule has 1 heterocycles. The van der Waals surface area contributed by atoms with Crippen LogP contribution in [0, 0.1) is 0 Å². The molecule has 1 aliphatic heterocycles. The molecule has 1 aliphatic carbocycles. The van der Waals surface area contributed by atoms with Gasteiger partial charge in [0.1, 0.15) is 0 Å². The number of benzene rings is 4. The number of hydrogen-bond acceptors (Lipinski definition) is 4. The Labute approximate surface area is 192 Å². The van der Waals surface area contributed by atoms with Gasteiger partial charge in [-0.15, -0.1) is 5.10 Å². The van der Waals surface area contributed by atoms with Crippen LogP contribution in [0.25, 0.3) is 28.5 Å². The Kier molecular flexibility index (Phi) is 5.68. The van der Waals surface area contributed by atoms with E-state index in [-0.39, 0.29) is 5.43 Å². The van der Waals surface area contributed by atoms with Crippen LogP contribution in [0.2, 0.25) is 0 Å². The van der Waals surface area contributed by atoms with Crippen molar-refractivity contribution in [1.82, 2.24) is 14.8 Å². The molecule has 0 N–H and O–H groups in total. The number of rotatable bonds is 6. The molecule has 5 heteroatoms. The van der Waals surface area contributed by atoms with E-state index in [9.17, 15) is 4.79 Å². The Morgan fingerprint density at radius 2 is 1.45 bits per heavy atom. The number of fused-ring (bicyclic) bond motifs is 1. The number of para-hydroxylation sites is 1. The van der Waals surface area contributed by atoms with E-state index in [0.29, 0.717) is 30.3 Å². The van der Waals surface area contributed by atoms with E-state index in [1.807, 2.05) is 89.6 Å². The highest BCUT2D eigenvalue weighted by Gasteiger charge is 2.19. The Morgan fingerprint density at radius 1 is 0.818 bits per heavy atom. The highest BCUT2D eigenvalue weighted by Crippen LogP contribution is 2.28. The molecule has 0 saturated carbocycles. The third kappa shape index (κ3) is 4.26. The van der Waals surface area contributed by atoms with E-state index in [4.69, 9.17) is 10.1 Å². The van der Waals surface area contributed by atoms with Crippen molar-refractivity contribution in [2.45, 2.75) is 13.5 Å². The summed E-state index contributed by atoms with van der Waals surface area (Å²) in [5.41, 5.74) is 4.98. The van der Waals surface area contributed by atoms with Crippen molar-refractivity contribution in [3.05, 3.63) is 119 Å². The third-order valence-corrected chi connectivity index (χ3v) is 5.68. The first-order chi connectivity index (χ1) is 16.2. The van der Waals surface area contributed by atoms with Gasteiger partial charge >= 0.3 is 0 Å². The molecular weight excluding hydrogens is 408 g/mol. The van der Waals surface area contributed by atoms with Gasteiger partial charge in [-0.2, -0.15) is 0 Å². The zero-order valence-electron chi connectivity index (χ0n) is 18.4. The summed E-state index contributed by atoms with van der Waals surface area (Å²) < 4.78 is 1.81. The van der Waals surface area contributed by atoms with Crippen LogP contribution in [0.4, 0.5) is 5.69 Å². The van der Waals surface area contributed by atoms with Crippen LogP contribution >= 0.6 is 0 Å². The second-order valence-corrected chi connectivity index (χ2v) is 7.86. The van der Waals surface area contributed by atoms with Crippen molar-refractivity contribution in [1.29, 1.82) is 0 Å². The fourth-order valence-electron chi connectivity index (χ4n) is 3.98. The quantitative estimate of drug-likeness (QED) is 0.359. The van der Waals surface area contributed by atoms with Gasteiger partial charge in [0.2, 0.25) is 5.43 Å². The first kappa shape index (κ1) is 20.6. The largest absolute Gasteiger partial charge is 0.364 e. The maximum absolute atomic E-state index is 13.3. The summed E-state index contributed by atoms with van der Waals surface area (Å²) in [7, 11) is 0. The predicted octanol–water partition coefficient (Wildman–Crippen LogP) is 5.43. The average molecular weight is 433 g/mol. The molecule has 5 nitrogen and oxygen atoms in total.